The van der Waals surface area contributed by atoms with Crippen LogP contribution in [-0.2, 0) is 4.79 Å². The molecular weight excluding hydrogens is 180 g/mol. The minimum atomic E-state index is -0.994. The van der Waals surface area contributed by atoms with E-state index in [-0.39, 0.29) is 0 Å². The van der Waals surface area contributed by atoms with Crippen LogP contribution >= 0.6 is 0 Å². The summed E-state index contributed by atoms with van der Waals surface area (Å²) in [6, 6.07) is 8.88. The number of hydrogen-bond donors (Lipinski definition) is 1. The number of aliphatic carboxylic acids is 1. The molecule has 0 aliphatic carbocycles. The summed E-state index contributed by atoms with van der Waals surface area (Å²) in [4.78, 5) is 10.7. The summed E-state index contributed by atoms with van der Waals surface area (Å²) >= 11 is 0. The molecule has 0 fully saturated rings. The first-order valence-corrected chi connectivity index (χ1v) is 4.31. The van der Waals surface area contributed by atoms with Gasteiger partial charge in [0.1, 0.15) is 5.75 Å². The summed E-state index contributed by atoms with van der Waals surface area (Å²) in [5.74, 6) is -0.440. The molecular formula is C11H12O3. The molecule has 1 aromatic carbocycles. The lowest BCUT2D eigenvalue weighted by atomic mass is 10.3. The van der Waals surface area contributed by atoms with Gasteiger partial charge in [-0.15, -0.1) is 0 Å². The minimum absolute atomic E-state index is 0.554. The van der Waals surface area contributed by atoms with Crippen LogP contribution in [0.15, 0.2) is 42.5 Å². The highest BCUT2D eigenvalue weighted by Crippen LogP contribution is 2.11. The molecule has 0 spiro atoms. The van der Waals surface area contributed by atoms with Gasteiger partial charge in [-0.1, -0.05) is 24.3 Å². The topological polar surface area (TPSA) is 46.5 Å². The molecule has 0 heterocycles. The number of rotatable bonds is 4. The molecule has 74 valence electrons. The molecule has 3 heteroatoms. The van der Waals surface area contributed by atoms with Crippen LogP contribution in [0.4, 0.5) is 0 Å². The van der Waals surface area contributed by atoms with Crippen molar-refractivity contribution >= 4 is 5.97 Å². The standard InChI is InChI=1S/C11H12O3/c1-2-6-10(11(12)13)14-9-7-4-3-5-8-9/h2-8,10H,1H3,(H,12,13). The molecule has 0 saturated carbocycles. The van der Waals surface area contributed by atoms with Gasteiger partial charge >= 0.3 is 5.97 Å². The Balaban J connectivity index is 2.70. The number of hydrogen-bond acceptors (Lipinski definition) is 2. The molecule has 0 radical (unpaired) electrons. The fourth-order valence-electron chi connectivity index (χ4n) is 0.992. The van der Waals surface area contributed by atoms with Gasteiger partial charge in [0.05, 0.1) is 0 Å². The van der Waals surface area contributed by atoms with E-state index in [4.69, 9.17) is 9.84 Å². The van der Waals surface area contributed by atoms with Crippen LogP contribution in [0.25, 0.3) is 0 Å². The lowest BCUT2D eigenvalue weighted by Gasteiger charge is -2.10. The van der Waals surface area contributed by atoms with Gasteiger partial charge in [-0.3, -0.25) is 0 Å². The summed E-state index contributed by atoms with van der Waals surface area (Å²) in [6.45, 7) is 1.75. The fraction of sp³-hybridized carbons (Fsp3) is 0.182. The second kappa shape index (κ2) is 5.07. The summed E-state index contributed by atoms with van der Waals surface area (Å²) in [5.41, 5.74) is 0. The molecule has 1 N–H and O–H groups in total. The van der Waals surface area contributed by atoms with Gasteiger partial charge in [0.25, 0.3) is 0 Å². The number of carbonyl (C=O) groups is 1. The monoisotopic (exact) mass is 192 g/mol. The van der Waals surface area contributed by atoms with Crippen LogP contribution in [0.5, 0.6) is 5.75 Å². The highest BCUT2D eigenvalue weighted by Gasteiger charge is 2.14. The van der Waals surface area contributed by atoms with E-state index in [1.165, 1.54) is 6.08 Å². The lowest BCUT2D eigenvalue weighted by molar-refractivity contribution is -0.142. The average Bonchev–Trinajstić information content (AvgIpc) is 2.18. The van der Waals surface area contributed by atoms with Crippen molar-refractivity contribution in [1.29, 1.82) is 0 Å². The maximum absolute atomic E-state index is 10.7. The molecule has 3 nitrogen and oxygen atoms in total. The Morgan fingerprint density at radius 1 is 1.43 bits per heavy atom. The Bertz CT molecular complexity index is 317. The molecule has 0 bridgehead atoms. The fourth-order valence-corrected chi connectivity index (χ4v) is 0.992. The van der Waals surface area contributed by atoms with Gasteiger partial charge in [0, 0.05) is 0 Å². The van der Waals surface area contributed by atoms with Crippen molar-refractivity contribution in [1.82, 2.24) is 0 Å². The molecule has 0 aliphatic rings. The second-order valence-corrected chi connectivity index (χ2v) is 2.72. The average molecular weight is 192 g/mol. The van der Waals surface area contributed by atoms with Crippen molar-refractivity contribution in [3.05, 3.63) is 42.5 Å². The van der Waals surface area contributed by atoms with Gasteiger partial charge in [0.15, 0.2) is 0 Å². The van der Waals surface area contributed by atoms with Crippen LogP contribution < -0.4 is 4.74 Å². The highest BCUT2D eigenvalue weighted by molar-refractivity contribution is 5.75. The van der Waals surface area contributed by atoms with Gasteiger partial charge in [0.2, 0.25) is 6.10 Å². The van der Waals surface area contributed by atoms with Gasteiger partial charge in [-0.05, 0) is 25.1 Å². The first kappa shape index (κ1) is 10.3. The van der Waals surface area contributed by atoms with E-state index in [0.717, 1.165) is 0 Å². The Morgan fingerprint density at radius 3 is 2.57 bits per heavy atom. The number of benzene rings is 1. The van der Waals surface area contributed by atoms with Crippen LogP contribution in [-0.4, -0.2) is 17.2 Å². The maximum Gasteiger partial charge on any atom is 0.349 e. The molecule has 0 amide bonds. The summed E-state index contributed by atoms with van der Waals surface area (Å²) in [7, 11) is 0. The quantitative estimate of drug-likeness (QED) is 0.743. The Morgan fingerprint density at radius 2 is 2.07 bits per heavy atom. The third-order valence-corrected chi connectivity index (χ3v) is 1.62. The summed E-state index contributed by atoms with van der Waals surface area (Å²) in [5, 5.41) is 8.79. The second-order valence-electron chi connectivity index (χ2n) is 2.72. The zero-order chi connectivity index (χ0) is 10.4. The van der Waals surface area contributed by atoms with Crippen molar-refractivity contribution in [3.8, 4) is 5.75 Å². The SMILES string of the molecule is CC=CC(Oc1ccccc1)C(=O)O. The largest absolute Gasteiger partial charge is 0.478 e. The number of para-hydroxylation sites is 1. The van der Waals surface area contributed by atoms with Crippen molar-refractivity contribution in [2.75, 3.05) is 0 Å². The molecule has 1 atom stereocenters. The van der Waals surface area contributed by atoms with Crippen molar-refractivity contribution in [2.24, 2.45) is 0 Å². The van der Waals surface area contributed by atoms with E-state index >= 15 is 0 Å². The molecule has 1 aromatic rings. The smallest absolute Gasteiger partial charge is 0.349 e. The molecule has 1 unspecified atom stereocenters. The molecule has 1 rings (SSSR count). The van der Waals surface area contributed by atoms with Crippen molar-refractivity contribution in [2.45, 2.75) is 13.0 Å². The van der Waals surface area contributed by atoms with Crippen molar-refractivity contribution < 1.29 is 14.6 Å². The van der Waals surface area contributed by atoms with E-state index in [1.54, 1.807) is 37.3 Å². The molecule has 0 aromatic heterocycles. The van der Waals surface area contributed by atoms with Crippen molar-refractivity contribution in [3.63, 3.8) is 0 Å². The zero-order valence-corrected chi connectivity index (χ0v) is 7.88. The van der Waals surface area contributed by atoms with Crippen LogP contribution in [0, 0.1) is 0 Å². The van der Waals surface area contributed by atoms with Gasteiger partial charge in [-0.25, -0.2) is 4.79 Å². The Kier molecular flexibility index (Phi) is 3.73. The Labute approximate surface area is 82.6 Å². The molecule has 14 heavy (non-hydrogen) atoms. The minimum Gasteiger partial charge on any atom is -0.478 e. The summed E-state index contributed by atoms with van der Waals surface area (Å²) in [6.07, 6.45) is 2.24. The van der Waals surface area contributed by atoms with E-state index < -0.39 is 12.1 Å². The number of carboxylic acid groups (broad SMARTS) is 1. The van der Waals surface area contributed by atoms with Crippen LogP contribution in [0.3, 0.4) is 0 Å². The van der Waals surface area contributed by atoms with E-state index in [9.17, 15) is 4.79 Å². The molecule has 0 aliphatic heterocycles. The molecule has 0 saturated heterocycles. The Hall–Kier alpha value is -1.77. The van der Waals surface area contributed by atoms with E-state index in [1.807, 2.05) is 6.07 Å². The van der Waals surface area contributed by atoms with Gasteiger partial charge in [-0.2, -0.15) is 0 Å². The lowest BCUT2D eigenvalue weighted by Crippen LogP contribution is -2.24. The number of carboxylic acids is 1. The first-order valence-electron chi connectivity index (χ1n) is 4.31. The summed E-state index contributed by atoms with van der Waals surface area (Å²) < 4.78 is 5.23. The third kappa shape index (κ3) is 2.94. The third-order valence-electron chi connectivity index (χ3n) is 1.62. The first-order chi connectivity index (χ1) is 6.74. The zero-order valence-electron chi connectivity index (χ0n) is 7.88. The number of allylic oxidation sites excluding steroid dienone is 1. The van der Waals surface area contributed by atoms with E-state index in [2.05, 4.69) is 0 Å². The van der Waals surface area contributed by atoms with Crippen LogP contribution in [0.1, 0.15) is 6.92 Å². The normalized spacial score (nSPS) is 12.6. The highest BCUT2D eigenvalue weighted by atomic mass is 16.5. The van der Waals surface area contributed by atoms with Gasteiger partial charge < -0.3 is 9.84 Å². The maximum atomic E-state index is 10.7. The number of ether oxygens (including phenoxy) is 1. The van der Waals surface area contributed by atoms with E-state index in [0.29, 0.717) is 5.75 Å². The predicted octanol–water partition coefficient (Wildman–Crippen LogP) is 2.09. The van der Waals surface area contributed by atoms with Crippen LogP contribution in [0.2, 0.25) is 0 Å². The predicted molar refractivity (Wildman–Crippen MR) is 53.3 cm³/mol.